The van der Waals surface area contributed by atoms with Gasteiger partial charge in [-0.05, 0) is 36.1 Å². The molecule has 2 aliphatic rings. The van der Waals surface area contributed by atoms with Gasteiger partial charge < -0.3 is 19.2 Å². The Balaban J connectivity index is 0.000000360. The maximum atomic E-state index is 12.6. The number of carboxylic acids is 1. The molecule has 1 aromatic heterocycles. The van der Waals surface area contributed by atoms with Gasteiger partial charge in [0.1, 0.15) is 5.76 Å². The molecular weight excluding hydrogens is 429 g/mol. The summed E-state index contributed by atoms with van der Waals surface area (Å²) in [6.07, 6.45) is -2.07. The first-order chi connectivity index (χ1) is 15.0. The molecule has 1 amide bonds. The fraction of sp³-hybridized carbons (Fsp3) is 0.455. The molecule has 0 saturated carbocycles. The largest absolute Gasteiger partial charge is 0.490 e. The maximum Gasteiger partial charge on any atom is 0.490 e. The number of hydrogen-bond donors (Lipinski definition) is 1. The van der Waals surface area contributed by atoms with Crippen LogP contribution >= 0.6 is 0 Å². The van der Waals surface area contributed by atoms with Crippen LogP contribution in [0.15, 0.2) is 47.1 Å². The zero-order valence-electron chi connectivity index (χ0n) is 17.8. The van der Waals surface area contributed by atoms with Crippen molar-refractivity contribution in [3.05, 3.63) is 59.5 Å². The van der Waals surface area contributed by atoms with E-state index in [1.165, 1.54) is 5.56 Å². The molecule has 1 fully saturated rings. The number of aliphatic carboxylic acids is 1. The van der Waals surface area contributed by atoms with E-state index >= 15 is 0 Å². The molecule has 3 heterocycles. The average molecular weight is 454 g/mol. The number of rotatable bonds is 3. The summed E-state index contributed by atoms with van der Waals surface area (Å²) in [6.45, 7) is 2.68. The van der Waals surface area contributed by atoms with Crippen molar-refractivity contribution in [1.82, 2.24) is 9.80 Å². The molecule has 2 aliphatic heterocycles. The minimum absolute atomic E-state index is 0.0161. The molecule has 7 nitrogen and oxygen atoms in total. The van der Waals surface area contributed by atoms with Gasteiger partial charge in [0, 0.05) is 27.2 Å². The Labute approximate surface area is 183 Å². The number of piperidine rings is 1. The van der Waals surface area contributed by atoms with Gasteiger partial charge in [-0.2, -0.15) is 13.2 Å². The molecule has 0 aliphatic carbocycles. The molecule has 1 saturated heterocycles. The van der Waals surface area contributed by atoms with Crippen LogP contribution in [0.5, 0.6) is 0 Å². The second kappa shape index (κ2) is 9.33. The van der Waals surface area contributed by atoms with Crippen molar-refractivity contribution in [3.63, 3.8) is 0 Å². The molecule has 1 aromatic carbocycles. The van der Waals surface area contributed by atoms with Crippen LogP contribution in [0.2, 0.25) is 0 Å². The van der Waals surface area contributed by atoms with Gasteiger partial charge in [0.15, 0.2) is 6.10 Å². The third-order valence-corrected chi connectivity index (χ3v) is 5.61. The highest BCUT2D eigenvalue weighted by molar-refractivity contribution is 5.83. The SMILES string of the molecule is CN(C)C(=O)C1OC2(CCN(Cc3ccco3)CC2)c2ccccc21.O=C(O)C(F)(F)F. The standard InChI is InChI=1S/C20H24N2O3.C2HF3O2/c1-21(2)19(23)18-16-7-3-4-8-17(16)20(25-18)9-11-22(12-10-20)14-15-6-5-13-24-15;3-2(4,5)1(6)7/h3-8,13,18H,9-12,14H2,1-2H3;(H,6,7). The van der Waals surface area contributed by atoms with Crippen molar-refractivity contribution in [1.29, 1.82) is 0 Å². The number of halogens is 3. The third kappa shape index (κ3) is 5.13. The van der Waals surface area contributed by atoms with Crippen LogP contribution in [0.4, 0.5) is 13.2 Å². The predicted molar refractivity (Wildman–Crippen MR) is 108 cm³/mol. The van der Waals surface area contributed by atoms with Crippen molar-refractivity contribution in [2.45, 2.75) is 37.3 Å². The maximum absolute atomic E-state index is 12.6. The van der Waals surface area contributed by atoms with Crippen molar-refractivity contribution >= 4 is 11.9 Å². The van der Waals surface area contributed by atoms with Crippen LogP contribution in [-0.2, 0) is 26.5 Å². The number of carbonyl (C=O) groups is 2. The van der Waals surface area contributed by atoms with Gasteiger partial charge >= 0.3 is 12.1 Å². The lowest BCUT2D eigenvalue weighted by atomic mass is 9.83. The second-order valence-corrected chi connectivity index (χ2v) is 7.97. The van der Waals surface area contributed by atoms with Gasteiger partial charge in [0.05, 0.1) is 18.4 Å². The molecule has 2 aromatic rings. The van der Waals surface area contributed by atoms with Gasteiger partial charge in [-0.15, -0.1) is 0 Å². The first-order valence-electron chi connectivity index (χ1n) is 10.1. The number of fused-ring (bicyclic) bond motifs is 2. The lowest BCUT2D eigenvalue weighted by Gasteiger charge is -2.39. The number of benzene rings is 1. The van der Waals surface area contributed by atoms with E-state index in [4.69, 9.17) is 19.1 Å². The van der Waals surface area contributed by atoms with Gasteiger partial charge in [-0.3, -0.25) is 9.69 Å². The highest BCUT2D eigenvalue weighted by atomic mass is 19.4. The first kappa shape index (κ1) is 23.8. The zero-order valence-corrected chi connectivity index (χ0v) is 17.8. The topological polar surface area (TPSA) is 83.2 Å². The number of ether oxygens (including phenoxy) is 1. The van der Waals surface area contributed by atoms with Gasteiger partial charge in [-0.25, -0.2) is 4.79 Å². The van der Waals surface area contributed by atoms with E-state index in [9.17, 15) is 18.0 Å². The predicted octanol–water partition coefficient (Wildman–Crippen LogP) is 3.56. The van der Waals surface area contributed by atoms with Crippen molar-refractivity contribution in [2.75, 3.05) is 27.2 Å². The normalized spacial score (nSPS) is 19.7. The molecule has 32 heavy (non-hydrogen) atoms. The smallest absolute Gasteiger partial charge is 0.475 e. The summed E-state index contributed by atoms with van der Waals surface area (Å²) in [7, 11) is 3.57. The molecular formula is C22H25F3N2O5. The van der Waals surface area contributed by atoms with Crippen LogP contribution < -0.4 is 0 Å². The minimum Gasteiger partial charge on any atom is -0.475 e. The van der Waals surface area contributed by atoms with E-state index in [1.807, 2.05) is 30.3 Å². The van der Waals surface area contributed by atoms with E-state index in [0.717, 1.165) is 43.8 Å². The Morgan fingerprint density at radius 2 is 1.78 bits per heavy atom. The molecule has 1 unspecified atom stereocenters. The highest BCUT2D eigenvalue weighted by Gasteiger charge is 2.49. The molecule has 1 atom stereocenters. The summed E-state index contributed by atoms with van der Waals surface area (Å²) < 4.78 is 43.6. The van der Waals surface area contributed by atoms with E-state index in [1.54, 1.807) is 25.3 Å². The first-order valence-corrected chi connectivity index (χ1v) is 10.1. The number of carbonyl (C=O) groups excluding carboxylic acids is 1. The highest BCUT2D eigenvalue weighted by Crippen LogP contribution is 2.49. The van der Waals surface area contributed by atoms with Crippen LogP contribution in [0, 0.1) is 0 Å². The summed E-state index contributed by atoms with van der Waals surface area (Å²) in [5.74, 6) is -1.75. The lowest BCUT2D eigenvalue weighted by Crippen LogP contribution is -2.42. The third-order valence-electron chi connectivity index (χ3n) is 5.61. The Bertz CT molecular complexity index is 935. The monoisotopic (exact) mass is 454 g/mol. The Morgan fingerprint density at radius 3 is 2.31 bits per heavy atom. The summed E-state index contributed by atoms with van der Waals surface area (Å²) in [5, 5.41) is 7.12. The van der Waals surface area contributed by atoms with Crippen LogP contribution in [0.25, 0.3) is 0 Å². The van der Waals surface area contributed by atoms with Crippen molar-refractivity contribution in [2.24, 2.45) is 0 Å². The molecule has 174 valence electrons. The number of likely N-dealkylation sites (tertiary alicyclic amines) is 1. The molecule has 0 radical (unpaired) electrons. The molecule has 4 rings (SSSR count). The number of amides is 1. The number of carboxylic acid groups (broad SMARTS) is 1. The number of furan rings is 1. The molecule has 1 N–H and O–H groups in total. The van der Waals surface area contributed by atoms with E-state index in [2.05, 4.69) is 11.0 Å². The fourth-order valence-electron chi connectivity index (χ4n) is 3.99. The fourth-order valence-corrected chi connectivity index (χ4v) is 3.99. The van der Waals surface area contributed by atoms with Gasteiger partial charge in [-0.1, -0.05) is 24.3 Å². The zero-order chi connectivity index (χ0) is 23.5. The summed E-state index contributed by atoms with van der Waals surface area (Å²) >= 11 is 0. The Hall–Kier alpha value is -2.85. The van der Waals surface area contributed by atoms with E-state index in [0.29, 0.717) is 0 Å². The van der Waals surface area contributed by atoms with E-state index in [-0.39, 0.29) is 11.5 Å². The van der Waals surface area contributed by atoms with Gasteiger partial charge in [0.2, 0.25) is 0 Å². The quantitative estimate of drug-likeness (QED) is 0.764. The lowest BCUT2D eigenvalue weighted by molar-refractivity contribution is -0.192. The molecule has 10 heteroatoms. The van der Waals surface area contributed by atoms with Crippen LogP contribution in [0.3, 0.4) is 0 Å². The second-order valence-electron chi connectivity index (χ2n) is 7.97. The number of nitrogens with zero attached hydrogens (tertiary/aromatic N) is 2. The van der Waals surface area contributed by atoms with Crippen molar-refractivity contribution in [3.8, 4) is 0 Å². The number of likely N-dealkylation sites (N-methyl/N-ethyl adjacent to an activating group) is 1. The number of alkyl halides is 3. The summed E-state index contributed by atoms with van der Waals surface area (Å²) in [6, 6.07) is 12.1. The van der Waals surface area contributed by atoms with Gasteiger partial charge in [0.25, 0.3) is 5.91 Å². The average Bonchev–Trinajstić information content (AvgIpc) is 3.36. The summed E-state index contributed by atoms with van der Waals surface area (Å²) in [5.41, 5.74) is 1.88. The number of hydrogen-bond acceptors (Lipinski definition) is 5. The molecule has 0 bridgehead atoms. The van der Waals surface area contributed by atoms with Crippen LogP contribution in [0.1, 0.15) is 35.8 Å². The van der Waals surface area contributed by atoms with E-state index < -0.39 is 18.2 Å². The Kier molecular flexibility index (Phi) is 6.94. The molecule has 1 spiro atoms. The summed E-state index contributed by atoms with van der Waals surface area (Å²) in [4.78, 5) is 25.5. The van der Waals surface area contributed by atoms with Crippen LogP contribution in [-0.4, -0.2) is 60.1 Å². The minimum atomic E-state index is -5.08. The Morgan fingerprint density at radius 1 is 1.16 bits per heavy atom. The van der Waals surface area contributed by atoms with Crippen molar-refractivity contribution < 1.29 is 37.0 Å².